The number of aromatic nitrogens is 6. The fourth-order valence-electron chi connectivity index (χ4n) is 3.88. The van der Waals surface area contributed by atoms with E-state index in [0.29, 0.717) is 23.0 Å². The van der Waals surface area contributed by atoms with Crippen molar-refractivity contribution < 1.29 is 18.7 Å². The molecule has 11 heteroatoms. The van der Waals surface area contributed by atoms with E-state index in [0.717, 1.165) is 18.7 Å². The maximum atomic E-state index is 6.29. The molecular formula is C17H17ClN6O4. The molecule has 1 saturated carbocycles. The number of imidazole rings is 1. The van der Waals surface area contributed by atoms with Crippen LogP contribution in [0, 0.1) is 0 Å². The molecule has 0 bridgehead atoms. The van der Waals surface area contributed by atoms with E-state index in [1.807, 2.05) is 13.8 Å². The van der Waals surface area contributed by atoms with Gasteiger partial charge >= 0.3 is 0 Å². The molecule has 4 atom stereocenters. The monoisotopic (exact) mass is 404 g/mol. The van der Waals surface area contributed by atoms with E-state index in [4.69, 9.17) is 30.3 Å². The summed E-state index contributed by atoms with van der Waals surface area (Å²) in [6.45, 7) is 3.74. The van der Waals surface area contributed by atoms with Crippen molar-refractivity contribution in [1.82, 2.24) is 29.7 Å². The van der Waals surface area contributed by atoms with E-state index < -0.39 is 30.3 Å². The number of rotatable bonds is 3. The lowest BCUT2D eigenvalue weighted by Gasteiger charge is -2.23. The van der Waals surface area contributed by atoms with Crippen LogP contribution >= 0.6 is 11.6 Å². The lowest BCUT2D eigenvalue weighted by Crippen LogP contribution is -2.27. The number of nitrogens with zero attached hydrogens (tertiary/aromatic N) is 6. The smallest absolute Gasteiger partial charge is 0.258 e. The van der Waals surface area contributed by atoms with Gasteiger partial charge in [0.15, 0.2) is 34.7 Å². The molecule has 3 aromatic heterocycles. The van der Waals surface area contributed by atoms with E-state index in [1.165, 1.54) is 6.33 Å². The van der Waals surface area contributed by atoms with Gasteiger partial charge in [0.25, 0.3) is 5.89 Å². The molecule has 0 unspecified atom stereocenters. The van der Waals surface area contributed by atoms with Crippen LogP contribution in [0.1, 0.15) is 56.7 Å². The number of hydrogen-bond acceptors (Lipinski definition) is 9. The van der Waals surface area contributed by atoms with Crippen LogP contribution in [-0.4, -0.2) is 47.7 Å². The molecule has 6 rings (SSSR count). The number of halogens is 1. The van der Waals surface area contributed by atoms with Crippen molar-refractivity contribution in [3.63, 3.8) is 0 Å². The first-order valence-corrected chi connectivity index (χ1v) is 9.55. The highest BCUT2D eigenvalue weighted by Crippen LogP contribution is 2.49. The maximum absolute atomic E-state index is 6.29. The molecule has 1 aliphatic carbocycles. The van der Waals surface area contributed by atoms with Gasteiger partial charge in [-0.3, -0.25) is 4.57 Å². The van der Waals surface area contributed by atoms with Gasteiger partial charge in [0.1, 0.15) is 24.1 Å². The van der Waals surface area contributed by atoms with Crippen molar-refractivity contribution in [2.75, 3.05) is 0 Å². The zero-order valence-corrected chi connectivity index (χ0v) is 15.9. The zero-order valence-electron chi connectivity index (χ0n) is 15.1. The van der Waals surface area contributed by atoms with Gasteiger partial charge in [0.2, 0.25) is 0 Å². The molecule has 0 spiro atoms. The molecule has 5 heterocycles. The fourth-order valence-corrected chi connectivity index (χ4v) is 4.06. The second-order valence-corrected chi connectivity index (χ2v) is 8.12. The van der Waals surface area contributed by atoms with Gasteiger partial charge < -0.3 is 18.7 Å². The molecule has 0 N–H and O–H groups in total. The molecule has 3 aliphatic rings. The predicted octanol–water partition coefficient (Wildman–Crippen LogP) is 2.53. The summed E-state index contributed by atoms with van der Waals surface area (Å²) < 4.78 is 25.8. The Labute approximate surface area is 164 Å². The molecular weight excluding hydrogens is 388 g/mol. The van der Waals surface area contributed by atoms with E-state index >= 15 is 0 Å². The van der Waals surface area contributed by atoms with Crippen LogP contribution in [-0.2, 0) is 14.2 Å². The van der Waals surface area contributed by atoms with E-state index in [-0.39, 0.29) is 5.15 Å². The standard InChI is InChI=1S/C17H17ClN6O4/c1-17(2)26-9-10(15-22-13(23-28-15)7-3-4-7)25-16(11(9)27-17)24-6-21-8-12(18)19-5-20-14(8)24/h5-7,9-11,16H,3-4H2,1-2H3/t9-,10+,11-,16-/m1/s1. The van der Waals surface area contributed by atoms with Crippen molar-refractivity contribution in [2.24, 2.45) is 0 Å². The number of hydrogen-bond donors (Lipinski definition) is 0. The maximum Gasteiger partial charge on any atom is 0.258 e. The van der Waals surface area contributed by atoms with Crippen LogP contribution in [0.15, 0.2) is 17.2 Å². The average molecular weight is 405 g/mol. The molecule has 0 amide bonds. The number of ether oxygens (including phenoxy) is 3. The minimum atomic E-state index is -0.766. The molecule has 0 aromatic carbocycles. The summed E-state index contributed by atoms with van der Waals surface area (Å²) in [7, 11) is 0. The van der Waals surface area contributed by atoms with Crippen LogP contribution < -0.4 is 0 Å². The van der Waals surface area contributed by atoms with Gasteiger partial charge in [-0.15, -0.1) is 0 Å². The summed E-state index contributed by atoms with van der Waals surface area (Å²) in [4.78, 5) is 17.2. The van der Waals surface area contributed by atoms with Crippen LogP contribution in [0.5, 0.6) is 0 Å². The minimum Gasteiger partial charge on any atom is -0.341 e. The predicted molar refractivity (Wildman–Crippen MR) is 93.3 cm³/mol. The van der Waals surface area contributed by atoms with Crippen LogP contribution in [0.2, 0.25) is 5.15 Å². The van der Waals surface area contributed by atoms with Crippen molar-refractivity contribution in [1.29, 1.82) is 0 Å². The first kappa shape index (κ1) is 16.8. The molecule has 10 nitrogen and oxygen atoms in total. The van der Waals surface area contributed by atoms with E-state index in [1.54, 1.807) is 10.9 Å². The topological polar surface area (TPSA) is 110 Å². The lowest BCUT2D eigenvalue weighted by molar-refractivity contribution is -0.199. The van der Waals surface area contributed by atoms with Gasteiger partial charge in [0.05, 0.1) is 6.33 Å². The van der Waals surface area contributed by atoms with E-state index in [2.05, 4.69) is 25.1 Å². The second-order valence-electron chi connectivity index (χ2n) is 7.77. The minimum absolute atomic E-state index is 0.282. The van der Waals surface area contributed by atoms with Gasteiger partial charge in [-0.05, 0) is 26.7 Å². The Balaban J connectivity index is 1.40. The summed E-state index contributed by atoms with van der Waals surface area (Å²) in [5.41, 5.74) is 1.06. The molecule has 2 saturated heterocycles. The fraction of sp³-hybridized carbons (Fsp3) is 0.588. The molecule has 146 valence electrons. The Kier molecular flexibility index (Phi) is 3.41. The molecule has 3 aromatic rings. The van der Waals surface area contributed by atoms with Gasteiger partial charge in [-0.1, -0.05) is 16.8 Å². The Morgan fingerprint density at radius 1 is 1.14 bits per heavy atom. The molecule has 28 heavy (non-hydrogen) atoms. The molecule has 2 aliphatic heterocycles. The SMILES string of the molecule is CC1(C)O[C@@H]2[C@H](O1)[C@@H](c1nc(C3CC3)no1)O[C@H]2n1cnc2c(Cl)ncnc21. The third-order valence-corrected chi connectivity index (χ3v) is 5.54. The first-order chi connectivity index (χ1) is 13.5. The molecule has 3 fully saturated rings. The normalized spacial score (nSPS) is 31.5. The third kappa shape index (κ3) is 2.48. The van der Waals surface area contributed by atoms with Crippen molar-refractivity contribution in [2.45, 2.75) is 62.9 Å². The van der Waals surface area contributed by atoms with Crippen LogP contribution in [0.4, 0.5) is 0 Å². The van der Waals surface area contributed by atoms with Gasteiger partial charge in [-0.25, -0.2) is 15.0 Å². The van der Waals surface area contributed by atoms with Gasteiger partial charge in [0, 0.05) is 5.92 Å². The Hall–Kier alpha value is -2.14. The van der Waals surface area contributed by atoms with E-state index in [9.17, 15) is 0 Å². The number of fused-ring (bicyclic) bond motifs is 2. The van der Waals surface area contributed by atoms with Crippen molar-refractivity contribution in [3.8, 4) is 0 Å². The highest BCUT2D eigenvalue weighted by Gasteiger charge is 2.58. The quantitative estimate of drug-likeness (QED) is 0.608. The Morgan fingerprint density at radius 2 is 1.96 bits per heavy atom. The van der Waals surface area contributed by atoms with Crippen molar-refractivity contribution in [3.05, 3.63) is 29.5 Å². The van der Waals surface area contributed by atoms with Crippen molar-refractivity contribution >= 4 is 22.8 Å². The largest absolute Gasteiger partial charge is 0.341 e. The first-order valence-electron chi connectivity index (χ1n) is 9.18. The Bertz CT molecular complexity index is 1060. The average Bonchev–Trinajstić information content (AvgIpc) is 3.00. The summed E-state index contributed by atoms with van der Waals surface area (Å²) >= 11 is 6.14. The highest BCUT2D eigenvalue weighted by molar-refractivity contribution is 6.33. The summed E-state index contributed by atoms with van der Waals surface area (Å²) in [5, 5.41) is 4.39. The summed E-state index contributed by atoms with van der Waals surface area (Å²) in [6.07, 6.45) is 3.30. The molecule has 0 radical (unpaired) electrons. The van der Waals surface area contributed by atoms with Gasteiger partial charge in [-0.2, -0.15) is 4.98 Å². The zero-order chi connectivity index (χ0) is 19.0. The summed E-state index contributed by atoms with van der Waals surface area (Å²) in [6, 6.07) is 0. The second kappa shape index (κ2) is 5.69. The summed E-state index contributed by atoms with van der Waals surface area (Å²) in [5.74, 6) is 0.749. The highest BCUT2D eigenvalue weighted by atomic mass is 35.5. The van der Waals surface area contributed by atoms with Crippen LogP contribution in [0.25, 0.3) is 11.2 Å². The third-order valence-electron chi connectivity index (χ3n) is 5.26. The lowest BCUT2D eigenvalue weighted by atomic mass is 10.1. The van der Waals surface area contributed by atoms with Crippen LogP contribution in [0.3, 0.4) is 0 Å². The Morgan fingerprint density at radius 3 is 2.79 bits per heavy atom.